The first-order valence-electron chi connectivity index (χ1n) is 9.18. The number of piperazine rings is 1. The van der Waals surface area contributed by atoms with Gasteiger partial charge in [0.25, 0.3) is 0 Å². The molecule has 1 aliphatic heterocycles. The van der Waals surface area contributed by atoms with E-state index in [2.05, 4.69) is 45.8 Å². The van der Waals surface area contributed by atoms with Gasteiger partial charge in [0.2, 0.25) is 10.0 Å². The summed E-state index contributed by atoms with van der Waals surface area (Å²) in [4.78, 5) is 4.69. The van der Waals surface area contributed by atoms with Gasteiger partial charge in [-0.15, -0.1) is 0 Å². The second-order valence-corrected chi connectivity index (χ2v) is 8.70. The van der Waals surface area contributed by atoms with Crippen LogP contribution in [0.2, 0.25) is 0 Å². The predicted octanol–water partition coefficient (Wildman–Crippen LogP) is 2.48. The molecule has 0 bridgehead atoms. The summed E-state index contributed by atoms with van der Waals surface area (Å²) in [5.41, 5.74) is 1.28. The molecule has 7 heteroatoms. The number of hydrogen-bond acceptors (Lipinski definition) is 4. The minimum atomic E-state index is -3.68. The lowest BCUT2D eigenvalue weighted by Crippen LogP contribution is -2.47. The number of likely N-dealkylation sites (N-methyl/N-ethyl adjacent to an activating group) is 1. The van der Waals surface area contributed by atoms with Crippen molar-refractivity contribution >= 4 is 10.0 Å². The molecular weight excluding hydrogens is 365 g/mol. The molecule has 0 aromatic heterocycles. The fraction of sp³-hybridized carbons (Fsp3) is 0.400. The first-order chi connectivity index (χ1) is 13.0. The molecule has 1 aliphatic rings. The molecule has 1 saturated heterocycles. The zero-order chi connectivity index (χ0) is 19.3. The Morgan fingerprint density at radius 1 is 1.11 bits per heavy atom. The standard InChI is InChI=1S/C20H26FN3O2S/c1-23-13-14-24(20(16-23)17-7-3-2-4-8-17)12-6-11-22-27(25,26)19-10-5-9-18(21)15-19/h2-5,7-10,15,20,22H,6,11-14,16H2,1H3. The SMILES string of the molecule is CN1CCN(CCCNS(=O)(=O)c2cccc(F)c2)C(c2ccccc2)C1. The van der Waals surface area contributed by atoms with Crippen molar-refractivity contribution < 1.29 is 12.8 Å². The van der Waals surface area contributed by atoms with Crippen LogP contribution < -0.4 is 4.72 Å². The maximum absolute atomic E-state index is 13.3. The van der Waals surface area contributed by atoms with Crippen molar-refractivity contribution in [2.45, 2.75) is 17.4 Å². The number of halogens is 1. The third kappa shape index (κ3) is 5.35. The molecule has 1 N–H and O–H groups in total. The van der Waals surface area contributed by atoms with Crippen molar-refractivity contribution in [2.75, 3.05) is 39.8 Å². The Morgan fingerprint density at radius 3 is 2.63 bits per heavy atom. The molecule has 1 unspecified atom stereocenters. The minimum Gasteiger partial charge on any atom is -0.303 e. The second kappa shape index (κ2) is 8.93. The fourth-order valence-electron chi connectivity index (χ4n) is 3.42. The topological polar surface area (TPSA) is 52.6 Å². The van der Waals surface area contributed by atoms with Gasteiger partial charge in [-0.1, -0.05) is 36.4 Å². The van der Waals surface area contributed by atoms with Crippen molar-refractivity contribution in [1.82, 2.24) is 14.5 Å². The van der Waals surface area contributed by atoms with Crippen LogP contribution in [0.15, 0.2) is 59.5 Å². The summed E-state index contributed by atoms with van der Waals surface area (Å²) in [5.74, 6) is -0.555. The van der Waals surface area contributed by atoms with E-state index in [-0.39, 0.29) is 4.90 Å². The van der Waals surface area contributed by atoms with Crippen LogP contribution in [0.25, 0.3) is 0 Å². The van der Waals surface area contributed by atoms with Gasteiger partial charge >= 0.3 is 0 Å². The van der Waals surface area contributed by atoms with Crippen LogP contribution in [0.5, 0.6) is 0 Å². The molecule has 5 nitrogen and oxygen atoms in total. The molecule has 1 fully saturated rings. The van der Waals surface area contributed by atoms with E-state index in [0.29, 0.717) is 19.0 Å². The zero-order valence-corrected chi connectivity index (χ0v) is 16.3. The van der Waals surface area contributed by atoms with Gasteiger partial charge in [0, 0.05) is 38.8 Å². The van der Waals surface area contributed by atoms with E-state index >= 15 is 0 Å². The number of sulfonamides is 1. The highest BCUT2D eigenvalue weighted by molar-refractivity contribution is 7.89. The summed E-state index contributed by atoms with van der Waals surface area (Å²) in [7, 11) is -1.55. The molecule has 0 amide bonds. The van der Waals surface area contributed by atoms with Crippen LogP contribution in [0, 0.1) is 5.82 Å². The summed E-state index contributed by atoms with van der Waals surface area (Å²) in [5, 5.41) is 0. The van der Waals surface area contributed by atoms with Crippen LogP contribution in [-0.4, -0.2) is 58.0 Å². The number of nitrogens with one attached hydrogen (secondary N) is 1. The summed E-state index contributed by atoms with van der Waals surface area (Å²) in [6.45, 7) is 4.04. The lowest BCUT2D eigenvalue weighted by Gasteiger charge is -2.40. The molecular formula is C20H26FN3O2S. The van der Waals surface area contributed by atoms with Gasteiger partial charge in [0.05, 0.1) is 4.90 Å². The Balaban J connectivity index is 1.56. The normalized spacial score (nSPS) is 19.3. The molecule has 0 saturated carbocycles. The van der Waals surface area contributed by atoms with E-state index in [1.165, 1.54) is 23.8 Å². The highest BCUT2D eigenvalue weighted by Crippen LogP contribution is 2.24. The smallest absolute Gasteiger partial charge is 0.240 e. The molecule has 0 spiro atoms. The number of rotatable bonds is 7. The maximum atomic E-state index is 13.3. The van der Waals surface area contributed by atoms with Crippen LogP contribution in [0.1, 0.15) is 18.0 Å². The van der Waals surface area contributed by atoms with Crippen molar-refractivity contribution in [3.63, 3.8) is 0 Å². The average molecular weight is 392 g/mol. The molecule has 2 aromatic rings. The maximum Gasteiger partial charge on any atom is 0.240 e. The number of hydrogen-bond donors (Lipinski definition) is 1. The first kappa shape index (κ1) is 19.9. The second-order valence-electron chi connectivity index (χ2n) is 6.93. The lowest BCUT2D eigenvalue weighted by atomic mass is 10.0. The van der Waals surface area contributed by atoms with Gasteiger partial charge < -0.3 is 4.90 Å². The summed E-state index contributed by atoms with van der Waals surface area (Å²) in [6, 6.07) is 15.8. The Hall–Kier alpha value is -1.80. The van der Waals surface area contributed by atoms with E-state index < -0.39 is 15.8 Å². The van der Waals surface area contributed by atoms with Crippen LogP contribution in [0.4, 0.5) is 4.39 Å². The largest absolute Gasteiger partial charge is 0.303 e. The van der Waals surface area contributed by atoms with Gasteiger partial charge in [0.15, 0.2) is 0 Å². The van der Waals surface area contributed by atoms with Crippen LogP contribution in [0.3, 0.4) is 0 Å². The molecule has 1 heterocycles. The van der Waals surface area contributed by atoms with Gasteiger partial charge in [-0.05, 0) is 37.2 Å². The van der Waals surface area contributed by atoms with Crippen LogP contribution in [-0.2, 0) is 10.0 Å². The molecule has 2 aromatic carbocycles. The minimum absolute atomic E-state index is 0.0377. The predicted molar refractivity (Wildman–Crippen MR) is 104 cm³/mol. The third-order valence-electron chi connectivity index (χ3n) is 4.90. The number of benzene rings is 2. The van der Waals surface area contributed by atoms with Crippen molar-refractivity contribution in [1.29, 1.82) is 0 Å². The summed E-state index contributed by atoms with van der Waals surface area (Å²) < 4.78 is 40.4. The molecule has 3 rings (SSSR count). The summed E-state index contributed by atoms with van der Waals surface area (Å²) in [6.07, 6.45) is 0.696. The third-order valence-corrected chi connectivity index (χ3v) is 6.36. The molecule has 1 atom stereocenters. The van der Waals surface area contributed by atoms with Crippen molar-refractivity contribution in [3.8, 4) is 0 Å². The molecule has 146 valence electrons. The van der Waals surface area contributed by atoms with E-state index in [1.54, 1.807) is 0 Å². The average Bonchev–Trinajstić information content (AvgIpc) is 2.67. The Bertz CT molecular complexity index is 845. The van der Waals surface area contributed by atoms with Crippen molar-refractivity contribution in [3.05, 3.63) is 66.0 Å². The quantitative estimate of drug-likeness (QED) is 0.737. The van der Waals surface area contributed by atoms with Gasteiger partial charge in [-0.2, -0.15) is 0 Å². The Morgan fingerprint density at radius 2 is 1.89 bits per heavy atom. The molecule has 0 aliphatic carbocycles. The Kier molecular flexibility index (Phi) is 6.59. The van der Waals surface area contributed by atoms with E-state index in [1.807, 2.05) is 6.07 Å². The molecule has 27 heavy (non-hydrogen) atoms. The van der Waals surface area contributed by atoms with Crippen molar-refractivity contribution in [2.24, 2.45) is 0 Å². The van der Waals surface area contributed by atoms with E-state index in [9.17, 15) is 12.8 Å². The summed E-state index contributed by atoms with van der Waals surface area (Å²) >= 11 is 0. The monoisotopic (exact) mass is 391 g/mol. The highest BCUT2D eigenvalue weighted by atomic mass is 32.2. The van der Waals surface area contributed by atoms with E-state index in [0.717, 1.165) is 32.2 Å². The number of nitrogens with zero attached hydrogens (tertiary/aromatic N) is 2. The van der Waals surface area contributed by atoms with Crippen LogP contribution >= 0.6 is 0 Å². The van der Waals surface area contributed by atoms with Gasteiger partial charge in [0.1, 0.15) is 5.82 Å². The lowest BCUT2D eigenvalue weighted by molar-refractivity contribution is 0.0892. The Labute approximate surface area is 160 Å². The molecule has 0 radical (unpaired) electrons. The zero-order valence-electron chi connectivity index (χ0n) is 15.5. The fourth-order valence-corrected chi connectivity index (χ4v) is 4.53. The van der Waals surface area contributed by atoms with E-state index in [4.69, 9.17) is 0 Å². The first-order valence-corrected chi connectivity index (χ1v) is 10.7. The highest BCUT2D eigenvalue weighted by Gasteiger charge is 2.26. The van der Waals surface area contributed by atoms with Gasteiger partial charge in [-0.3, -0.25) is 4.90 Å². The van der Waals surface area contributed by atoms with Gasteiger partial charge in [-0.25, -0.2) is 17.5 Å².